The molecule has 0 radical (unpaired) electrons. The van der Waals surface area contributed by atoms with Crippen LogP contribution >= 0.6 is 0 Å². The molecule has 0 saturated heterocycles. The van der Waals surface area contributed by atoms with Gasteiger partial charge in [-0.1, -0.05) is 0 Å². The van der Waals surface area contributed by atoms with Crippen molar-refractivity contribution in [3.63, 3.8) is 0 Å². The van der Waals surface area contributed by atoms with Crippen molar-refractivity contribution in [2.45, 2.75) is 51.6 Å². The number of hydrogen-bond donors (Lipinski definition) is 1. The molecule has 0 unspecified atom stereocenters. The second-order valence-corrected chi connectivity index (χ2v) is 7.38. The standard InChI is InChI=1S/C16H22N4O3/c1-2-19-15(13(8-17-19)20(22)23)16(21)18-14-11-4-9-3-10(6-11)7-12(14)5-9/h8-12,14H,2-7H2,1H3,(H,18,21). The Morgan fingerprint density at radius 3 is 2.43 bits per heavy atom. The highest BCUT2D eigenvalue weighted by Crippen LogP contribution is 2.53. The van der Waals surface area contributed by atoms with Crippen LogP contribution in [0, 0.1) is 33.8 Å². The molecule has 23 heavy (non-hydrogen) atoms. The Balaban J connectivity index is 1.57. The van der Waals surface area contributed by atoms with Crippen LogP contribution in [-0.2, 0) is 6.54 Å². The molecule has 4 bridgehead atoms. The molecule has 0 spiro atoms. The SMILES string of the molecule is CCn1ncc([N+](=O)[O-])c1C(=O)NC1C2CC3CC(C2)CC1C3. The monoisotopic (exact) mass is 318 g/mol. The number of aromatic nitrogens is 2. The Hall–Kier alpha value is -1.92. The summed E-state index contributed by atoms with van der Waals surface area (Å²) in [6, 6.07) is 0.176. The predicted octanol–water partition coefficient (Wildman–Crippen LogP) is 2.37. The molecule has 4 fully saturated rings. The molecular formula is C16H22N4O3. The van der Waals surface area contributed by atoms with Crippen molar-refractivity contribution in [3.05, 3.63) is 22.0 Å². The quantitative estimate of drug-likeness (QED) is 0.681. The Morgan fingerprint density at radius 1 is 1.30 bits per heavy atom. The average molecular weight is 318 g/mol. The van der Waals surface area contributed by atoms with E-state index < -0.39 is 4.92 Å². The maximum atomic E-state index is 12.7. The minimum atomic E-state index is -0.523. The van der Waals surface area contributed by atoms with Crippen LogP contribution in [0.4, 0.5) is 5.69 Å². The van der Waals surface area contributed by atoms with Gasteiger partial charge in [-0.15, -0.1) is 0 Å². The van der Waals surface area contributed by atoms with Gasteiger partial charge in [0.05, 0.1) is 4.92 Å². The number of carbonyl (C=O) groups is 1. The lowest BCUT2D eigenvalue weighted by Crippen LogP contribution is -2.56. The van der Waals surface area contributed by atoms with Crippen molar-refractivity contribution >= 4 is 11.6 Å². The second kappa shape index (κ2) is 5.32. The molecule has 1 amide bonds. The number of aryl methyl sites for hydroxylation is 1. The van der Waals surface area contributed by atoms with E-state index in [1.165, 1.54) is 43.0 Å². The molecule has 1 heterocycles. The van der Waals surface area contributed by atoms with Crippen LogP contribution in [-0.4, -0.2) is 26.7 Å². The molecule has 5 rings (SSSR count). The normalized spacial score (nSPS) is 34.6. The highest BCUT2D eigenvalue weighted by Gasteiger charge is 2.49. The van der Waals surface area contributed by atoms with Crippen molar-refractivity contribution in [3.8, 4) is 0 Å². The van der Waals surface area contributed by atoms with E-state index in [4.69, 9.17) is 0 Å². The van der Waals surface area contributed by atoms with E-state index in [-0.39, 0.29) is 23.3 Å². The van der Waals surface area contributed by atoms with Crippen LogP contribution in [0.25, 0.3) is 0 Å². The zero-order valence-corrected chi connectivity index (χ0v) is 13.3. The third kappa shape index (κ3) is 2.33. The van der Waals surface area contributed by atoms with Crippen molar-refractivity contribution in [1.82, 2.24) is 15.1 Å². The smallest absolute Gasteiger partial charge is 0.320 e. The van der Waals surface area contributed by atoms with Crippen molar-refractivity contribution in [2.75, 3.05) is 0 Å². The average Bonchev–Trinajstić information content (AvgIpc) is 2.94. The van der Waals surface area contributed by atoms with Crippen molar-refractivity contribution in [1.29, 1.82) is 0 Å². The van der Waals surface area contributed by atoms with Gasteiger partial charge in [0.25, 0.3) is 5.91 Å². The molecule has 4 aliphatic carbocycles. The summed E-state index contributed by atoms with van der Waals surface area (Å²) >= 11 is 0. The molecule has 4 saturated carbocycles. The summed E-state index contributed by atoms with van der Waals surface area (Å²) in [6.07, 6.45) is 7.34. The zero-order chi connectivity index (χ0) is 16.1. The van der Waals surface area contributed by atoms with Gasteiger partial charge >= 0.3 is 5.69 Å². The molecule has 124 valence electrons. The first-order valence-corrected chi connectivity index (χ1v) is 8.57. The van der Waals surface area contributed by atoms with E-state index >= 15 is 0 Å². The van der Waals surface area contributed by atoms with Gasteiger partial charge in [0, 0.05) is 12.6 Å². The van der Waals surface area contributed by atoms with Crippen LogP contribution in [0.2, 0.25) is 0 Å². The second-order valence-electron chi connectivity index (χ2n) is 7.38. The fourth-order valence-corrected chi connectivity index (χ4v) is 5.36. The molecule has 0 atom stereocenters. The number of nitrogens with zero attached hydrogens (tertiary/aromatic N) is 3. The molecule has 7 heteroatoms. The minimum Gasteiger partial charge on any atom is -0.347 e. The lowest BCUT2D eigenvalue weighted by molar-refractivity contribution is -0.385. The summed E-state index contributed by atoms with van der Waals surface area (Å²) in [5, 5.41) is 18.3. The number of carbonyl (C=O) groups excluding carboxylic acids is 1. The fraction of sp³-hybridized carbons (Fsp3) is 0.750. The molecule has 0 aliphatic heterocycles. The van der Waals surface area contributed by atoms with Gasteiger partial charge in [-0.3, -0.25) is 19.6 Å². The Bertz CT molecular complexity index is 626. The number of amides is 1. The molecule has 1 aromatic heterocycles. The topological polar surface area (TPSA) is 90.1 Å². The summed E-state index contributed by atoms with van der Waals surface area (Å²) in [5.74, 6) is 2.43. The highest BCUT2D eigenvalue weighted by molar-refractivity contribution is 5.96. The number of nitro groups is 1. The van der Waals surface area contributed by atoms with Gasteiger partial charge in [0.1, 0.15) is 6.20 Å². The van der Waals surface area contributed by atoms with Crippen LogP contribution in [0.5, 0.6) is 0 Å². The van der Waals surface area contributed by atoms with Gasteiger partial charge in [-0.2, -0.15) is 5.10 Å². The van der Waals surface area contributed by atoms with Gasteiger partial charge in [0.2, 0.25) is 5.69 Å². The number of hydrogen-bond acceptors (Lipinski definition) is 4. The zero-order valence-electron chi connectivity index (χ0n) is 13.3. The summed E-state index contributed by atoms with van der Waals surface area (Å²) in [6.45, 7) is 2.27. The first kappa shape index (κ1) is 14.7. The van der Waals surface area contributed by atoms with Gasteiger partial charge in [-0.05, 0) is 62.7 Å². The first-order valence-electron chi connectivity index (χ1n) is 8.57. The summed E-state index contributed by atoms with van der Waals surface area (Å²) in [7, 11) is 0. The fourth-order valence-electron chi connectivity index (χ4n) is 5.36. The largest absolute Gasteiger partial charge is 0.347 e. The Labute approximate surface area is 134 Å². The summed E-state index contributed by atoms with van der Waals surface area (Å²) in [4.78, 5) is 23.4. The first-order chi connectivity index (χ1) is 11.1. The van der Waals surface area contributed by atoms with Gasteiger partial charge < -0.3 is 5.32 Å². The maximum absolute atomic E-state index is 12.7. The third-order valence-corrected chi connectivity index (χ3v) is 6.06. The van der Waals surface area contributed by atoms with E-state index in [1.54, 1.807) is 0 Å². The third-order valence-electron chi connectivity index (χ3n) is 6.06. The molecule has 4 aliphatic rings. The van der Waals surface area contributed by atoms with E-state index in [0.717, 1.165) is 11.8 Å². The maximum Gasteiger partial charge on any atom is 0.320 e. The van der Waals surface area contributed by atoms with Crippen molar-refractivity contribution in [2.24, 2.45) is 23.7 Å². The van der Waals surface area contributed by atoms with Gasteiger partial charge in [-0.25, -0.2) is 0 Å². The van der Waals surface area contributed by atoms with Crippen LogP contribution in [0.3, 0.4) is 0 Å². The number of rotatable bonds is 4. The van der Waals surface area contributed by atoms with Crippen LogP contribution in [0.15, 0.2) is 6.20 Å². The Morgan fingerprint density at radius 2 is 1.91 bits per heavy atom. The van der Waals surface area contributed by atoms with E-state index in [2.05, 4.69) is 10.4 Å². The highest BCUT2D eigenvalue weighted by atomic mass is 16.6. The number of nitrogens with one attached hydrogen (secondary N) is 1. The van der Waals surface area contributed by atoms with E-state index in [1.807, 2.05) is 6.92 Å². The summed E-state index contributed by atoms with van der Waals surface area (Å²) in [5.41, 5.74) is -0.112. The molecule has 1 N–H and O–H groups in total. The lowest BCUT2D eigenvalue weighted by Gasteiger charge is -2.54. The minimum absolute atomic E-state index is 0.0892. The van der Waals surface area contributed by atoms with Crippen molar-refractivity contribution < 1.29 is 9.72 Å². The van der Waals surface area contributed by atoms with Gasteiger partial charge in [0.15, 0.2) is 0 Å². The molecule has 1 aromatic rings. The predicted molar refractivity (Wildman–Crippen MR) is 82.9 cm³/mol. The van der Waals surface area contributed by atoms with E-state index in [0.29, 0.717) is 18.4 Å². The Kier molecular flexibility index (Phi) is 3.39. The van der Waals surface area contributed by atoms with Crippen LogP contribution in [0.1, 0.15) is 49.5 Å². The van der Waals surface area contributed by atoms with E-state index in [9.17, 15) is 14.9 Å². The molecular weight excluding hydrogens is 296 g/mol. The molecule has 7 nitrogen and oxygen atoms in total. The molecule has 0 aromatic carbocycles. The summed E-state index contributed by atoms with van der Waals surface area (Å²) < 4.78 is 1.42. The van der Waals surface area contributed by atoms with Crippen LogP contribution < -0.4 is 5.32 Å². The lowest BCUT2D eigenvalue weighted by atomic mass is 9.54.